The standard InChI is InChI=1S/C13H19NO/c1-9-7-8-14-12(9)11-6-4-5-10(2)13(11)15-3/h4-6,9,12,14H,7-8H2,1-3H3. The molecule has 1 saturated heterocycles. The zero-order valence-corrected chi connectivity index (χ0v) is 9.71. The van der Waals surface area contributed by atoms with E-state index in [4.69, 9.17) is 4.74 Å². The van der Waals surface area contributed by atoms with Crippen LogP contribution in [0.25, 0.3) is 0 Å². The lowest BCUT2D eigenvalue weighted by molar-refractivity contribution is 0.391. The van der Waals surface area contributed by atoms with Gasteiger partial charge in [0.1, 0.15) is 5.75 Å². The van der Waals surface area contributed by atoms with Crippen molar-refractivity contribution < 1.29 is 4.74 Å². The molecule has 0 radical (unpaired) electrons. The van der Waals surface area contributed by atoms with Crippen LogP contribution < -0.4 is 10.1 Å². The molecule has 1 aliphatic heterocycles. The van der Waals surface area contributed by atoms with Crippen molar-refractivity contribution in [2.24, 2.45) is 5.92 Å². The summed E-state index contributed by atoms with van der Waals surface area (Å²) in [6.07, 6.45) is 1.25. The van der Waals surface area contributed by atoms with Crippen molar-refractivity contribution >= 4 is 0 Å². The summed E-state index contributed by atoms with van der Waals surface area (Å²) in [6, 6.07) is 6.84. The number of benzene rings is 1. The molecule has 1 aromatic rings. The van der Waals surface area contributed by atoms with Gasteiger partial charge in [-0.3, -0.25) is 0 Å². The number of nitrogens with one attached hydrogen (secondary N) is 1. The molecule has 1 fully saturated rings. The van der Waals surface area contributed by atoms with Crippen LogP contribution in [0.1, 0.15) is 30.5 Å². The molecule has 2 unspecified atom stereocenters. The van der Waals surface area contributed by atoms with Crippen LogP contribution in [0.2, 0.25) is 0 Å². The van der Waals surface area contributed by atoms with E-state index in [2.05, 4.69) is 37.4 Å². The third kappa shape index (κ3) is 1.86. The maximum absolute atomic E-state index is 5.50. The van der Waals surface area contributed by atoms with Crippen LogP contribution >= 0.6 is 0 Å². The van der Waals surface area contributed by atoms with Crippen LogP contribution in [0.4, 0.5) is 0 Å². The lowest BCUT2D eigenvalue weighted by Gasteiger charge is -2.20. The topological polar surface area (TPSA) is 21.3 Å². The van der Waals surface area contributed by atoms with Crippen LogP contribution in [0.5, 0.6) is 5.75 Å². The highest BCUT2D eigenvalue weighted by Gasteiger charge is 2.26. The molecule has 0 spiro atoms. The summed E-state index contributed by atoms with van der Waals surface area (Å²) >= 11 is 0. The first-order valence-corrected chi connectivity index (χ1v) is 5.61. The van der Waals surface area contributed by atoms with Crippen molar-refractivity contribution in [1.82, 2.24) is 5.32 Å². The third-order valence-corrected chi connectivity index (χ3v) is 3.31. The molecule has 0 bridgehead atoms. The average molecular weight is 205 g/mol. The molecule has 1 N–H and O–H groups in total. The molecular formula is C13H19NO. The minimum atomic E-state index is 0.458. The lowest BCUT2D eigenvalue weighted by Crippen LogP contribution is -2.17. The quantitative estimate of drug-likeness (QED) is 0.801. The minimum Gasteiger partial charge on any atom is -0.496 e. The lowest BCUT2D eigenvalue weighted by atomic mass is 9.94. The molecule has 1 aromatic carbocycles. The van der Waals surface area contributed by atoms with Crippen LogP contribution in [-0.2, 0) is 0 Å². The molecule has 1 aliphatic rings. The molecular weight excluding hydrogens is 186 g/mol. The molecule has 82 valence electrons. The molecule has 15 heavy (non-hydrogen) atoms. The number of hydrogen-bond donors (Lipinski definition) is 1. The van der Waals surface area contributed by atoms with E-state index in [1.807, 2.05) is 0 Å². The molecule has 0 saturated carbocycles. The Labute approximate surface area is 91.6 Å². The van der Waals surface area contributed by atoms with E-state index in [9.17, 15) is 0 Å². The van der Waals surface area contributed by atoms with Gasteiger partial charge in [0.05, 0.1) is 7.11 Å². The summed E-state index contributed by atoms with van der Waals surface area (Å²) in [6.45, 7) is 5.51. The van der Waals surface area contributed by atoms with Gasteiger partial charge in [0.2, 0.25) is 0 Å². The Kier molecular flexibility index (Phi) is 2.96. The second-order valence-corrected chi connectivity index (χ2v) is 4.40. The Morgan fingerprint density at radius 2 is 2.20 bits per heavy atom. The predicted octanol–water partition coefficient (Wildman–Crippen LogP) is 2.67. The van der Waals surface area contributed by atoms with Crippen molar-refractivity contribution in [1.29, 1.82) is 0 Å². The number of ether oxygens (including phenoxy) is 1. The third-order valence-electron chi connectivity index (χ3n) is 3.31. The van der Waals surface area contributed by atoms with Crippen LogP contribution in [0, 0.1) is 12.8 Å². The van der Waals surface area contributed by atoms with Gasteiger partial charge in [-0.25, -0.2) is 0 Å². The molecule has 2 rings (SSSR count). The van der Waals surface area contributed by atoms with Gasteiger partial charge in [-0.1, -0.05) is 25.1 Å². The van der Waals surface area contributed by atoms with Gasteiger partial charge in [0.25, 0.3) is 0 Å². The van der Waals surface area contributed by atoms with Gasteiger partial charge in [0, 0.05) is 11.6 Å². The zero-order chi connectivity index (χ0) is 10.8. The highest BCUT2D eigenvalue weighted by molar-refractivity contribution is 5.43. The van der Waals surface area contributed by atoms with Gasteiger partial charge < -0.3 is 10.1 Å². The molecule has 0 aliphatic carbocycles. The van der Waals surface area contributed by atoms with Crippen LogP contribution in [0.15, 0.2) is 18.2 Å². The van der Waals surface area contributed by atoms with E-state index >= 15 is 0 Å². The van der Waals surface area contributed by atoms with Crippen LogP contribution in [0.3, 0.4) is 0 Å². The molecule has 0 amide bonds. The summed E-state index contributed by atoms with van der Waals surface area (Å²) < 4.78 is 5.50. The Balaban J connectivity index is 2.38. The van der Waals surface area contributed by atoms with Gasteiger partial charge in [-0.05, 0) is 31.4 Å². The molecule has 2 atom stereocenters. The second kappa shape index (κ2) is 4.23. The van der Waals surface area contributed by atoms with Crippen molar-refractivity contribution in [3.8, 4) is 5.75 Å². The smallest absolute Gasteiger partial charge is 0.126 e. The fourth-order valence-corrected chi connectivity index (χ4v) is 2.45. The van der Waals surface area contributed by atoms with Gasteiger partial charge in [0.15, 0.2) is 0 Å². The number of para-hydroxylation sites is 1. The van der Waals surface area contributed by atoms with Gasteiger partial charge >= 0.3 is 0 Å². The van der Waals surface area contributed by atoms with Crippen molar-refractivity contribution in [3.05, 3.63) is 29.3 Å². The van der Waals surface area contributed by atoms with E-state index < -0.39 is 0 Å². The van der Waals surface area contributed by atoms with E-state index in [0.717, 1.165) is 12.3 Å². The summed E-state index contributed by atoms with van der Waals surface area (Å²) in [5.41, 5.74) is 2.53. The fraction of sp³-hybridized carbons (Fsp3) is 0.538. The summed E-state index contributed by atoms with van der Waals surface area (Å²) in [5, 5.41) is 3.54. The van der Waals surface area contributed by atoms with Crippen molar-refractivity contribution in [2.45, 2.75) is 26.3 Å². The maximum atomic E-state index is 5.50. The second-order valence-electron chi connectivity index (χ2n) is 4.40. The Morgan fingerprint density at radius 1 is 1.40 bits per heavy atom. The average Bonchev–Trinajstić information content (AvgIpc) is 2.64. The van der Waals surface area contributed by atoms with E-state index in [1.54, 1.807) is 7.11 Å². The Bertz CT molecular complexity index is 348. The van der Waals surface area contributed by atoms with E-state index in [1.165, 1.54) is 17.5 Å². The molecule has 2 heteroatoms. The van der Waals surface area contributed by atoms with Gasteiger partial charge in [-0.15, -0.1) is 0 Å². The normalized spacial score (nSPS) is 25.5. The van der Waals surface area contributed by atoms with E-state index in [-0.39, 0.29) is 0 Å². The largest absolute Gasteiger partial charge is 0.496 e. The molecule has 2 nitrogen and oxygen atoms in total. The number of methoxy groups -OCH3 is 1. The Hall–Kier alpha value is -1.02. The zero-order valence-electron chi connectivity index (χ0n) is 9.71. The highest BCUT2D eigenvalue weighted by Crippen LogP contribution is 2.36. The highest BCUT2D eigenvalue weighted by atomic mass is 16.5. The van der Waals surface area contributed by atoms with E-state index in [0.29, 0.717) is 12.0 Å². The molecule has 1 heterocycles. The minimum absolute atomic E-state index is 0.458. The first kappa shape index (κ1) is 10.5. The Morgan fingerprint density at radius 3 is 2.80 bits per heavy atom. The fourth-order valence-electron chi connectivity index (χ4n) is 2.45. The van der Waals surface area contributed by atoms with Gasteiger partial charge in [-0.2, -0.15) is 0 Å². The number of hydrogen-bond acceptors (Lipinski definition) is 2. The first-order chi connectivity index (χ1) is 7.24. The number of rotatable bonds is 2. The summed E-state index contributed by atoms with van der Waals surface area (Å²) in [5.74, 6) is 1.74. The maximum Gasteiger partial charge on any atom is 0.126 e. The predicted molar refractivity (Wildman–Crippen MR) is 62.3 cm³/mol. The summed E-state index contributed by atoms with van der Waals surface area (Å²) in [7, 11) is 1.76. The van der Waals surface area contributed by atoms with Crippen molar-refractivity contribution in [2.75, 3.05) is 13.7 Å². The molecule has 0 aromatic heterocycles. The first-order valence-electron chi connectivity index (χ1n) is 5.61. The van der Waals surface area contributed by atoms with Crippen LogP contribution in [-0.4, -0.2) is 13.7 Å². The SMILES string of the molecule is COc1c(C)cccc1C1NCCC1C. The summed E-state index contributed by atoms with van der Waals surface area (Å²) in [4.78, 5) is 0. The number of aryl methyl sites for hydroxylation is 1. The van der Waals surface area contributed by atoms with Crippen molar-refractivity contribution in [3.63, 3.8) is 0 Å². The monoisotopic (exact) mass is 205 g/mol.